The van der Waals surface area contributed by atoms with Crippen molar-refractivity contribution in [3.63, 3.8) is 0 Å². The van der Waals surface area contributed by atoms with E-state index in [1.165, 1.54) is 0 Å². The molecule has 1 heterocycles. The van der Waals surface area contributed by atoms with E-state index in [1.54, 1.807) is 36.2 Å². The highest BCUT2D eigenvalue weighted by Gasteiger charge is 2.11. The summed E-state index contributed by atoms with van der Waals surface area (Å²) >= 11 is 0. The number of carbonyl (C=O) groups excluding carboxylic acids is 1. The van der Waals surface area contributed by atoms with Gasteiger partial charge in [-0.05, 0) is 80.1 Å². The third-order valence-electron chi connectivity index (χ3n) is 4.81. The van der Waals surface area contributed by atoms with Gasteiger partial charge in [0.25, 0.3) is 5.91 Å². The maximum Gasteiger partial charge on any atom is 0.262 e. The number of hydrogen-bond donors (Lipinski definition) is 1. The normalized spacial score (nSPS) is 10.7. The van der Waals surface area contributed by atoms with Crippen molar-refractivity contribution in [2.75, 3.05) is 25.6 Å². The minimum Gasteiger partial charge on any atom is -0.497 e. The smallest absolute Gasteiger partial charge is 0.262 e. The SMILES string of the molecule is CCOc1ccc(-n2nc3cc(C)c(NC(=O)COc4ccc(OC)cc4)cc3n2)cc1. The van der Waals surface area contributed by atoms with Crippen LogP contribution in [0.25, 0.3) is 16.7 Å². The van der Waals surface area contributed by atoms with Crippen molar-refractivity contribution in [1.29, 1.82) is 0 Å². The Morgan fingerprint density at radius 2 is 1.50 bits per heavy atom. The third-order valence-corrected chi connectivity index (χ3v) is 4.81. The molecular weight excluding hydrogens is 408 g/mol. The minimum atomic E-state index is -0.262. The van der Waals surface area contributed by atoms with Crippen LogP contribution in [0, 0.1) is 6.92 Å². The first kappa shape index (κ1) is 21.2. The summed E-state index contributed by atoms with van der Waals surface area (Å²) in [4.78, 5) is 14.0. The van der Waals surface area contributed by atoms with E-state index in [0.717, 1.165) is 28.3 Å². The van der Waals surface area contributed by atoms with E-state index >= 15 is 0 Å². The number of carbonyl (C=O) groups is 1. The third kappa shape index (κ3) is 4.80. The molecular formula is C24H24N4O4. The molecule has 0 atom stereocenters. The number of hydrogen-bond acceptors (Lipinski definition) is 6. The van der Waals surface area contributed by atoms with Gasteiger partial charge in [-0.1, -0.05) is 0 Å². The molecule has 0 radical (unpaired) electrons. The van der Waals surface area contributed by atoms with Crippen molar-refractivity contribution in [2.24, 2.45) is 0 Å². The molecule has 0 unspecified atom stereocenters. The number of anilines is 1. The largest absolute Gasteiger partial charge is 0.497 e. The summed E-state index contributed by atoms with van der Waals surface area (Å²) in [7, 11) is 1.60. The average molecular weight is 432 g/mol. The molecule has 4 rings (SSSR count). The lowest BCUT2D eigenvalue weighted by molar-refractivity contribution is -0.118. The fraction of sp³-hybridized carbons (Fsp3) is 0.208. The Labute approximate surface area is 185 Å². The van der Waals surface area contributed by atoms with E-state index in [0.29, 0.717) is 23.6 Å². The Morgan fingerprint density at radius 1 is 0.906 bits per heavy atom. The zero-order chi connectivity index (χ0) is 22.5. The fourth-order valence-corrected chi connectivity index (χ4v) is 3.17. The van der Waals surface area contributed by atoms with Crippen LogP contribution in [0.5, 0.6) is 17.2 Å². The van der Waals surface area contributed by atoms with Gasteiger partial charge in [-0.25, -0.2) is 0 Å². The second-order valence-electron chi connectivity index (χ2n) is 7.08. The second-order valence-corrected chi connectivity index (χ2v) is 7.08. The monoisotopic (exact) mass is 432 g/mol. The molecule has 1 N–H and O–H groups in total. The Bertz CT molecular complexity index is 1220. The fourth-order valence-electron chi connectivity index (χ4n) is 3.17. The van der Waals surface area contributed by atoms with Gasteiger partial charge in [0.15, 0.2) is 6.61 Å². The summed E-state index contributed by atoms with van der Waals surface area (Å²) in [5.74, 6) is 1.85. The van der Waals surface area contributed by atoms with Crippen LogP contribution in [0.4, 0.5) is 5.69 Å². The van der Waals surface area contributed by atoms with Crippen LogP contribution in [-0.4, -0.2) is 41.2 Å². The summed E-state index contributed by atoms with van der Waals surface area (Å²) in [5.41, 5.74) is 3.79. The van der Waals surface area contributed by atoms with Crippen LogP contribution >= 0.6 is 0 Å². The molecule has 3 aromatic carbocycles. The number of ether oxygens (including phenoxy) is 3. The second kappa shape index (κ2) is 9.38. The topological polar surface area (TPSA) is 87.5 Å². The number of aromatic nitrogens is 3. The minimum absolute atomic E-state index is 0.108. The number of rotatable bonds is 8. The quantitative estimate of drug-likeness (QED) is 0.450. The first-order chi connectivity index (χ1) is 15.6. The van der Waals surface area contributed by atoms with Gasteiger partial charge in [0.1, 0.15) is 28.3 Å². The van der Waals surface area contributed by atoms with Gasteiger partial charge in [-0.3, -0.25) is 4.79 Å². The van der Waals surface area contributed by atoms with Crippen LogP contribution in [0.1, 0.15) is 12.5 Å². The predicted molar refractivity (Wildman–Crippen MR) is 122 cm³/mol. The molecule has 0 aliphatic rings. The predicted octanol–water partition coefficient (Wildman–Crippen LogP) is 4.15. The van der Waals surface area contributed by atoms with Crippen molar-refractivity contribution in [3.05, 3.63) is 66.2 Å². The summed E-state index contributed by atoms with van der Waals surface area (Å²) < 4.78 is 16.1. The number of methoxy groups -OCH3 is 1. The lowest BCUT2D eigenvalue weighted by Gasteiger charge is -2.10. The molecule has 32 heavy (non-hydrogen) atoms. The van der Waals surface area contributed by atoms with Crippen molar-refractivity contribution >= 4 is 22.6 Å². The van der Waals surface area contributed by atoms with Crippen LogP contribution in [0.2, 0.25) is 0 Å². The van der Waals surface area contributed by atoms with E-state index in [-0.39, 0.29) is 12.5 Å². The molecule has 0 aliphatic carbocycles. The lowest BCUT2D eigenvalue weighted by atomic mass is 10.1. The summed E-state index contributed by atoms with van der Waals surface area (Å²) in [6.45, 7) is 4.36. The molecule has 164 valence electrons. The molecule has 8 heteroatoms. The maximum absolute atomic E-state index is 12.4. The summed E-state index contributed by atoms with van der Waals surface area (Å²) in [5, 5.41) is 12.0. The van der Waals surface area contributed by atoms with Gasteiger partial charge in [0, 0.05) is 5.69 Å². The highest BCUT2D eigenvalue weighted by Crippen LogP contribution is 2.23. The molecule has 0 bridgehead atoms. The summed E-state index contributed by atoms with van der Waals surface area (Å²) in [6.07, 6.45) is 0. The van der Waals surface area contributed by atoms with Gasteiger partial charge >= 0.3 is 0 Å². The van der Waals surface area contributed by atoms with Crippen LogP contribution < -0.4 is 19.5 Å². The molecule has 0 aliphatic heterocycles. The van der Waals surface area contributed by atoms with Gasteiger partial charge in [-0.2, -0.15) is 4.80 Å². The Kier molecular flexibility index (Phi) is 6.21. The average Bonchev–Trinajstić information content (AvgIpc) is 3.21. The van der Waals surface area contributed by atoms with E-state index in [1.807, 2.05) is 50.2 Å². The van der Waals surface area contributed by atoms with Crippen molar-refractivity contribution in [1.82, 2.24) is 15.0 Å². The molecule has 0 fully saturated rings. The van der Waals surface area contributed by atoms with E-state index in [4.69, 9.17) is 14.2 Å². The number of aryl methyl sites for hydroxylation is 1. The number of nitrogens with one attached hydrogen (secondary N) is 1. The maximum atomic E-state index is 12.4. The van der Waals surface area contributed by atoms with Crippen molar-refractivity contribution < 1.29 is 19.0 Å². The van der Waals surface area contributed by atoms with Gasteiger partial charge in [0.2, 0.25) is 0 Å². The van der Waals surface area contributed by atoms with E-state index in [2.05, 4.69) is 15.5 Å². The molecule has 4 aromatic rings. The first-order valence-corrected chi connectivity index (χ1v) is 10.2. The van der Waals surface area contributed by atoms with E-state index in [9.17, 15) is 4.79 Å². The molecule has 1 aromatic heterocycles. The Morgan fingerprint density at radius 3 is 2.16 bits per heavy atom. The van der Waals surface area contributed by atoms with Crippen LogP contribution in [-0.2, 0) is 4.79 Å². The number of fused-ring (bicyclic) bond motifs is 1. The zero-order valence-electron chi connectivity index (χ0n) is 18.2. The van der Waals surface area contributed by atoms with Crippen molar-refractivity contribution in [3.8, 4) is 22.9 Å². The standard InChI is InChI=1S/C24H24N4O4/c1-4-31-19-7-5-17(6-8-19)28-26-22-13-16(2)21(14-23(22)27-28)25-24(29)15-32-20-11-9-18(30-3)10-12-20/h5-14H,4,15H2,1-3H3,(H,25,29). The lowest BCUT2D eigenvalue weighted by Crippen LogP contribution is -2.20. The first-order valence-electron chi connectivity index (χ1n) is 10.2. The van der Waals surface area contributed by atoms with E-state index < -0.39 is 0 Å². The highest BCUT2D eigenvalue weighted by atomic mass is 16.5. The van der Waals surface area contributed by atoms with Crippen LogP contribution in [0.15, 0.2) is 60.7 Å². The number of amides is 1. The Balaban J connectivity index is 1.45. The van der Waals surface area contributed by atoms with Crippen LogP contribution in [0.3, 0.4) is 0 Å². The number of benzene rings is 3. The number of nitrogens with zero attached hydrogens (tertiary/aromatic N) is 3. The van der Waals surface area contributed by atoms with Gasteiger partial charge < -0.3 is 19.5 Å². The molecule has 8 nitrogen and oxygen atoms in total. The highest BCUT2D eigenvalue weighted by molar-refractivity contribution is 5.95. The zero-order valence-corrected chi connectivity index (χ0v) is 18.2. The van der Waals surface area contributed by atoms with Gasteiger partial charge in [0.05, 0.1) is 19.4 Å². The Hall–Kier alpha value is -4.07. The molecule has 0 spiro atoms. The van der Waals surface area contributed by atoms with Crippen molar-refractivity contribution in [2.45, 2.75) is 13.8 Å². The van der Waals surface area contributed by atoms with Gasteiger partial charge in [-0.15, -0.1) is 10.2 Å². The summed E-state index contributed by atoms with van der Waals surface area (Å²) in [6, 6.07) is 18.3. The molecule has 0 saturated carbocycles. The molecule has 0 saturated heterocycles. The molecule has 1 amide bonds.